The Hall–Kier alpha value is -2.76. The molecule has 2 aromatic rings. The molecule has 1 unspecified atom stereocenters. The predicted molar refractivity (Wildman–Crippen MR) is 88.8 cm³/mol. The van der Waals surface area contributed by atoms with Gasteiger partial charge in [0.2, 0.25) is 5.91 Å². The van der Waals surface area contributed by atoms with Crippen LogP contribution in [-0.4, -0.2) is 27.9 Å². The number of aliphatic carboxylic acids is 1. The Bertz CT molecular complexity index is 750. The van der Waals surface area contributed by atoms with Crippen LogP contribution in [0.4, 0.5) is 8.78 Å². The van der Waals surface area contributed by atoms with E-state index in [0.717, 1.165) is 23.8 Å². The number of carboxylic acid groups (broad SMARTS) is 1. The predicted octanol–water partition coefficient (Wildman–Crippen LogP) is 3.40. The van der Waals surface area contributed by atoms with Gasteiger partial charge in [0.1, 0.15) is 17.7 Å². The highest BCUT2D eigenvalue weighted by atomic mass is 19.1. The van der Waals surface area contributed by atoms with Gasteiger partial charge in [0.25, 0.3) is 0 Å². The number of hydrogen-bond acceptors (Lipinski definition) is 2. The van der Waals surface area contributed by atoms with Crippen molar-refractivity contribution in [1.82, 2.24) is 4.90 Å². The lowest BCUT2D eigenvalue weighted by Crippen LogP contribution is -2.42. The van der Waals surface area contributed by atoms with Crippen LogP contribution < -0.4 is 0 Å². The van der Waals surface area contributed by atoms with Crippen molar-refractivity contribution in [1.29, 1.82) is 0 Å². The summed E-state index contributed by atoms with van der Waals surface area (Å²) in [5.74, 6) is -2.72. The fourth-order valence-corrected chi connectivity index (χ4v) is 2.47. The van der Waals surface area contributed by atoms with E-state index in [4.69, 9.17) is 0 Å². The smallest absolute Gasteiger partial charge is 0.326 e. The first-order valence-corrected chi connectivity index (χ1v) is 7.88. The molecule has 6 heteroatoms. The van der Waals surface area contributed by atoms with Crippen molar-refractivity contribution in [2.75, 3.05) is 0 Å². The first-order valence-electron chi connectivity index (χ1n) is 7.88. The van der Waals surface area contributed by atoms with E-state index in [1.54, 1.807) is 24.3 Å². The molecule has 2 rings (SSSR count). The first kappa shape index (κ1) is 18.6. The molecular formula is C19H19F2NO3. The van der Waals surface area contributed by atoms with E-state index in [2.05, 4.69) is 0 Å². The summed E-state index contributed by atoms with van der Waals surface area (Å²) in [6.07, 6.45) is -0.106. The Morgan fingerprint density at radius 1 is 1.12 bits per heavy atom. The zero-order valence-electron chi connectivity index (χ0n) is 13.8. The highest BCUT2D eigenvalue weighted by Gasteiger charge is 2.25. The second-order valence-electron chi connectivity index (χ2n) is 5.76. The number of halogens is 2. The molecule has 0 saturated heterocycles. The monoisotopic (exact) mass is 347 g/mol. The second kappa shape index (κ2) is 8.37. The molecule has 132 valence electrons. The summed E-state index contributed by atoms with van der Waals surface area (Å²) in [5.41, 5.74) is 0.886. The molecule has 0 radical (unpaired) electrons. The van der Waals surface area contributed by atoms with Crippen LogP contribution in [0, 0.1) is 11.6 Å². The molecule has 0 aliphatic carbocycles. The average Bonchev–Trinajstić information content (AvgIpc) is 2.60. The summed E-state index contributed by atoms with van der Waals surface area (Å²) >= 11 is 0. The van der Waals surface area contributed by atoms with Gasteiger partial charge in [0.05, 0.1) is 0 Å². The third-order valence-electron chi connectivity index (χ3n) is 3.96. The lowest BCUT2D eigenvalue weighted by molar-refractivity contribution is -0.150. The van der Waals surface area contributed by atoms with Crippen molar-refractivity contribution < 1.29 is 23.5 Å². The fourth-order valence-electron chi connectivity index (χ4n) is 2.47. The summed E-state index contributed by atoms with van der Waals surface area (Å²) in [6, 6.07) is 11.0. The van der Waals surface area contributed by atoms with E-state index in [9.17, 15) is 23.5 Å². The van der Waals surface area contributed by atoms with Crippen molar-refractivity contribution in [2.45, 2.75) is 32.4 Å². The number of nitrogens with zero attached hydrogens (tertiary/aromatic N) is 1. The lowest BCUT2D eigenvalue weighted by Gasteiger charge is -2.27. The van der Waals surface area contributed by atoms with Crippen LogP contribution in [0.1, 0.15) is 24.5 Å². The molecule has 0 saturated carbocycles. The molecule has 0 heterocycles. The topological polar surface area (TPSA) is 57.6 Å². The average molecular weight is 347 g/mol. The maximum atomic E-state index is 13.7. The summed E-state index contributed by atoms with van der Waals surface area (Å²) in [6.45, 7) is 1.56. The highest BCUT2D eigenvalue weighted by molar-refractivity contribution is 5.83. The molecular weight excluding hydrogens is 328 g/mol. The molecule has 4 nitrogen and oxygen atoms in total. The van der Waals surface area contributed by atoms with Crippen LogP contribution in [0.15, 0.2) is 48.5 Å². The number of hydrogen-bond donors (Lipinski definition) is 1. The maximum Gasteiger partial charge on any atom is 0.326 e. The molecule has 0 aliphatic heterocycles. The van der Waals surface area contributed by atoms with Crippen LogP contribution >= 0.6 is 0 Å². The standard InChI is InChI=1S/C19H19F2NO3/c1-13(19(24)25)22(12-14-5-3-2-4-6-14)18(23)10-7-15-11-16(20)8-9-17(15)21/h2-6,8-9,11,13H,7,10,12H2,1H3,(H,24,25). The van der Waals surface area contributed by atoms with Gasteiger partial charge in [-0.05, 0) is 42.7 Å². The number of rotatable bonds is 7. The van der Waals surface area contributed by atoms with E-state index in [1.807, 2.05) is 6.07 Å². The molecule has 25 heavy (non-hydrogen) atoms. The zero-order valence-corrected chi connectivity index (χ0v) is 13.8. The molecule has 0 bridgehead atoms. The Morgan fingerprint density at radius 3 is 2.44 bits per heavy atom. The summed E-state index contributed by atoms with van der Waals surface area (Å²) in [5, 5.41) is 9.24. The number of carbonyl (C=O) groups is 2. The molecule has 1 N–H and O–H groups in total. The van der Waals surface area contributed by atoms with E-state index < -0.39 is 29.6 Å². The van der Waals surface area contributed by atoms with Gasteiger partial charge in [-0.1, -0.05) is 30.3 Å². The summed E-state index contributed by atoms with van der Waals surface area (Å²) in [7, 11) is 0. The van der Waals surface area contributed by atoms with Crippen LogP contribution in [0.2, 0.25) is 0 Å². The minimum absolute atomic E-state index is 0.0000550. The number of benzene rings is 2. The fraction of sp³-hybridized carbons (Fsp3) is 0.263. The van der Waals surface area contributed by atoms with Gasteiger partial charge in [-0.25, -0.2) is 13.6 Å². The lowest BCUT2D eigenvalue weighted by atomic mass is 10.1. The molecule has 2 aromatic carbocycles. The molecule has 0 aromatic heterocycles. The van der Waals surface area contributed by atoms with Gasteiger partial charge < -0.3 is 10.0 Å². The maximum absolute atomic E-state index is 13.7. The molecule has 0 spiro atoms. The second-order valence-corrected chi connectivity index (χ2v) is 5.76. The zero-order chi connectivity index (χ0) is 18.4. The van der Waals surface area contributed by atoms with Crippen LogP contribution in [0.5, 0.6) is 0 Å². The van der Waals surface area contributed by atoms with Crippen molar-refractivity contribution in [3.05, 3.63) is 71.3 Å². The van der Waals surface area contributed by atoms with Crippen LogP contribution in [0.25, 0.3) is 0 Å². The van der Waals surface area contributed by atoms with Crippen molar-refractivity contribution in [2.24, 2.45) is 0 Å². The van der Waals surface area contributed by atoms with E-state index in [0.29, 0.717) is 0 Å². The molecule has 0 fully saturated rings. The molecule has 0 aliphatic rings. The van der Waals surface area contributed by atoms with Crippen molar-refractivity contribution in [3.8, 4) is 0 Å². The Kier molecular flexibility index (Phi) is 6.22. The van der Waals surface area contributed by atoms with Crippen LogP contribution in [0.3, 0.4) is 0 Å². The third-order valence-corrected chi connectivity index (χ3v) is 3.96. The summed E-state index contributed by atoms with van der Waals surface area (Å²) in [4.78, 5) is 25.0. The molecule has 1 atom stereocenters. The molecule has 1 amide bonds. The van der Waals surface area contributed by atoms with Gasteiger partial charge in [0.15, 0.2) is 0 Å². The van der Waals surface area contributed by atoms with Gasteiger partial charge in [-0.2, -0.15) is 0 Å². The van der Waals surface area contributed by atoms with E-state index in [1.165, 1.54) is 11.8 Å². The Morgan fingerprint density at radius 2 is 1.80 bits per heavy atom. The van der Waals surface area contributed by atoms with Gasteiger partial charge in [-0.15, -0.1) is 0 Å². The largest absolute Gasteiger partial charge is 0.480 e. The van der Waals surface area contributed by atoms with Crippen molar-refractivity contribution in [3.63, 3.8) is 0 Å². The number of carbonyl (C=O) groups excluding carboxylic acids is 1. The minimum atomic E-state index is -1.12. The quantitative estimate of drug-likeness (QED) is 0.835. The normalized spacial score (nSPS) is 11.8. The summed E-state index contributed by atoms with van der Waals surface area (Å²) < 4.78 is 26.9. The minimum Gasteiger partial charge on any atom is -0.480 e. The van der Waals surface area contributed by atoms with Gasteiger partial charge in [0, 0.05) is 13.0 Å². The van der Waals surface area contributed by atoms with Gasteiger partial charge >= 0.3 is 5.97 Å². The SMILES string of the molecule is CC(C(=O)O)N(Cc1ccccc1)C(=O)CCc1cc(F)ccc1F. The first-order chi connectivity index (χ1) is 11.9. The Labute approximate surface area is 144 Å². The van der Waals surface area contributed by atoms with E-state index in [-0.39, 0.29) is 24.9 Å². The van der Waals surface area contributed by atoms with Crippen LogP contribution in [-0.2, 0) is 22.6 Å². The third kappa shape index (κ3) is 5.11. The number of aryl methyl sites for hydroxylation is 1. The van der Waals surface area contributed by atoms with Gasteiger partial charge in [-0.3, -0.25) is 4.79 Å². The highest BCUT2D eigenvalue weighted by Crippen LogP contribution is 2.15. The van der Waals surface area contributed by atoms with Crippen molar-refractivity contribution >= 4 is 11.9 Å². The Balaban J connectivity index is 2.11. The van der Waals surface area contributed by atoms with E-state index >= 15 is 0 Å². The number of carboxylic acids is 1. The number of amides is 1.